The Morgan fingerprint density at radius 1 is 1.47 bits per heavy atom. The summed E-state index contributed by atoms with van der Waals surface area (Å²) in [4.78, 5) is 2.54. The molecule has 1 atom stereocenters. The fraction of sp³-hybridized carbons (Fsp3) is 0.857. The van der Waals surface area contributed by atoms with Gasteiger partial charge in [-0.2, -0.15) is 0 Å². The Morgan fingerprint density at radius 2 is 2.29 bits per heavy atom. The standard InChI is InChI=1S/C14H26N2O/c1-3-4-10-17-11-9-16-8-7-15-14(2,12-16)13-5-6-13/h3,13,15H,1,4-12H2,2H3. The summed E-state index contributed by atoms with van der Waals surface area (Å²) in [5.74, 6) is 0.909. The zero-order valence-corrected chi connectivity index (χ0v) is 11.1. The third kappa shape index (κ3) is 3.80. The van der Waals surface area contributed by atoms with Crippen LogP contribution in [-0.2, 0) is 4.74 Å². The first-order valence-electron chi connectivity index (χ1n) is 6.90. The summed E-state index contributed by atoms with van der Waals surface area (Å²) in [7, 11) is 0. The van der Waals surface area contributed by atoms with E-state index in [-0.39, 0.29) is 0 Å². The van der Waals surface area contributed by atoms with Crippen LogP contribution in [0.4, 0.5) is 0 Å². The highest BCUT2D eigenvalue weighted by atomic mass is 16.5. The van der Waals surface area contributed by atoms with Crippen LogP contribution in [-0.4, -0.2) is 49.8 Å². The average Bonchev–Trinajstić information content (AvgIpc) is 3.13. The van der Waals surface area contributed by atoms with Crippen LogP contribution in [0.15, 0.2) is 12.7 Å². The van der Waals surface area contributed by atoms with Gasteiger partial charge in [0.15, 0.2) is 0 Å². The molecule has 1 saturated carbocycles. The molecule has 0 aromatic carbocycles. The normalized spacial score (nSPS) is 30.4. The molecule has 2 fully saturated rings. The largest absolute Gasteiger partial charge is 0.380 e. The molecule has 2 rings (SSSR count). The molecular weight excluding hydrogens is 212 g/mol. The van der Waals surface area contributed by atoms with Gasteiger partial charge in [0.1, 0.15) is 0 Å². The molecule has 0 bridgehead atoms. The quantitative estimate of drug-likeness (QED) is 0.539. The molecule has 0 aromatic rings. The van der Waals surface area contributed by atoms with E-state index >= 15 is 0 Å². The molecule has 17 heavy (non-hydrogen) atoms. The lowest BCUT2D eigenvalue weighted by molar-refractivity contribution is 0.0726. The van der Waals surface area contributed by atoms with Crippen molar-refractivity contribution in [3.63, 3.8) is 0 Å². The summed E-state index contributed by atoms with van der Waals surface area (Å²) >= 11 is 0. The maximum Gasteiger partial charge on any atom is 0.0593 e. The van der Waals surface area contributed by atoms with Crippen LogP contribution >= 0.6 is 0 Å². The van der Waals surface area contributed by atoms with Crippen molar-refractivity contribution in [3.05, 3.63) is 12.7 Å². The molecule has 1 aliphatic carbocycles. The molecule has 1 aliphatic heterocycles. The van der Waals surface area contributed by atoms with Gasteiger partial charge < -0.3 is 10.1 Å². The second-order valence-electron chi connectivity index (χ2n) is 5.58. The van der Waals surface area contributed by atoms with Crippen molar-refractivity contribution in [1.29, 1.82) is 0 Å². The van der Waals surface area contributed by atoms with Crippen LogP contribution < -0.4 is 5.32 Å². The summed E-state index contributed by atoms with van der Waals surface area (Å²) in [5, 5.41) is 3.70. The van der Waals surface area contributed by atoms with E-state index in [9.17, 15) is 0 Å². The van der Waals surface area contributed by atoms with E-state index in [0.717, 1.165) is 45.2 Å². The van der Waals surface area contributed by atoms with Gasteiger partial charge in [-0.05, 0) is 32.1 Å². The molecule has 0 radical (unpaired) electrons. The van der Waals surface area contributed by atoms with Crippen molar-refractivity contribution in [2.24, 2.45) is 5.92 Å². The molecule has 0 amide bonds. The summed E-state index contributed by atoms with van der Waals surface area (Å²) in [5.41, 5.74) is 0.360. The first kappa shape index (κ1) is 13.1. The zero-order chi connectivity index (χ0) is 12.1. The SMILES string of the molecule is C=CCCOCCN1CCNC(C)(C2CC2)C1. The Kier molecular flexibility index (Phi) is 4.60. The topological polar surface area (TPSA) is 24.5 Å². The summed E-state index contributed by atoms with van der Waals surface area (Å²) < 4.78 is 5.59. The van der Waals surface area contributed by atoms with Gasteiger partial charge in [0, 0.05) is 31.7 Å². The maximum absolute atomic E-state index is 5.59. The Bertz CT molecular complexity index is 253. The number of hydrogen-bond acceptors (Lipinski definition) is 3. The number of hydrogen-bond donors (Lipinski definition) is 1. The van der Waals surface area contributed by atoms with Crippen LogP contribution in [0.3, 0.4) is 0 Å². The molecule has 1 saturated heterocycles. The molecule has 1 heterocycles. The number of rotatable bonds is 7. The highest BCUT2D eigenvalue weighted by Gasteiger charge is 2.43. The van der Waals surface area contributed by atoms with Gasteiger partial charge in [-0.15, -0.1) is 6.58 Å². The van der Waals surface area contributed by atoms with Gasteiger partial charge in [0.25, 0.3) is 0 Å². The van der Waals surface area contributed by atoms with E-state index in [1.807, 2.05) is 6.08 Å². The summed E-state index contributed by atoms with van der Waals surface area (Å²) in [6.07, 6.45) is 5.69. The Morgan fingerprint density at radius 3 is 3.00 bits per heavy atom. The zero-order valence-electron chi connectivity index (χ0n) is 11.1. The van der Waals surface area contributed by atoms with Gasteiger partial charge in [0.05, 0.1) is 13.2 Å². The minimum atomic E-state index is 0.360. The van der Waals surface area contributed by atoms with Crippen molar-refractivity contribution in [1.82, 2.24) is 10.2 Å². The molecule has 3 heteroatoms. The lowest BCUT2D eigenvalue weighted by Gasteiger charge is -2.42. The fourth-order valence-corrected chi connectivity index (χ4v) is 2.75. The molecule has 1 N–H and O–H groups in total. The first-order valence-corrected chi connectivity index (χ1v) is 6.90. The van der Waals surface area contributed by atoms with E-state index in [1.165, 1.54) is 19.4 Å². The minimum Gasteiger partial charge on any atom is -0.380 e. The smallest absolute Gasteiger partial charge is 0.0593 e. The molecule has 1 unspecified atom stereocenters. The van der Waals surface area contributed by atoms with Gasteiger partial charge >= 0.3 is 0 Å². The van der Waals surface area contributed by atoms with Crippen molar-refractivity contribution in [3.8, 4) is 0 Å². The van der Waals surface area contributed by atoms with E-state index in [0.29, 0.717) is 5.54 Å². The minimum absolute atomic E-state index is 0.360. The Labute approximate surface area is 105 Å². The average molecular weight is 238 g/mol. The van der Waals surface area contributed by atoms with E-state index in [1.54, 1.807) is 0 Å². The van der Waals surface area contributed by atoms with Gasteiger partial charge in [-0.3, -0.25) is 4.90 Å². The Hall–Kier alpha value is -0.380. The lowest BCUT2D eigenvalue weighted by Crippen LogP contribution is -2.60. The third-order valence-electron chi connectivity index (χ3n) is 4.01. The first-order chi connectivity index (χ1) is 8.24. The van der Waals surface area contributed by atoms with Gasteiger partial charge in [-0.1, -0.05) is 6.08 Å². The predicted molar refractivity (Wildman–Crippen MR) is 71.2 cm³/mol. The highest BCUT2D eigenvalue weighted by Crippen LogP contribution is 2.40. The van der Waals surface area contributed by atoms with E-state index in [2.05, 4.69) is 23.7 Å². The van der Waals surface area contributed by atoms with E-state index < -0.39 is 0 Å². The molecule has 0 aromatic heterocycles. The molecule has 98 valence electrons. The van der Waals surface area contributed by atoms with Gasteiger partial charge in [0.2, 0.25) is 0 Å². The summed E-state index contributed by atoms with van der Waals surface area (Å²) in [6, 6.07) is 0. The molecule has 3 nitrogen and oxygen atoms in total. The van der Waals surface area contributed by atoms with E-state index in [4.69, 9.17) is 4.74 Å². The number of nitrogens with one attached hydrogen (secondary N) is 1. The highest BCUT2D eigenvalue weighted by molar-refractivity contribution is 5.01. The van der Waals surface area contributed by atoms with Crippen LogP contribution in [0.2, 0.25) is 0 Å². The van der Waals surface area contributed by atoms with Crippen molar-refractivity contribution in [2.45, 2.75) is 31.7 Å². The molecule has 2 aliphatic rings. The van der Waals surface area contributed by atoms with Crippen molar-refractivity contribution in [2.75, 3.05) is 39.4 Å². The second-order valence-corrected chi connectivity index (χ2v) is 5.58. The van der Waals surface area contributed by atoms with Gasteiger partial charge in [-0.25, -0.2) is 0 Å². The van der Waals surface area contributed by atoms with Crippen molar-refractivity contribution < 1.29 is 4.74 Å². The number of nitrogens with zero attached hydrogens (tertiary/aromatic N) is 1. The van der Waals surface area contributed by atoms with Crippen LogP contribution in [0.5, 0.6) is 0 Å². The Balaban J connectivity index is 1.65. The third-order valence-corrected chi connectivity index (χ3v) is 4.01. The number of ether oxygens (including phenoxy) is 1. The summed E-state index contributed by atoms with van der Waals surface area (Å²) in [6.45, 7) is 12.3. The van der Waals surface area contributed by atoms with Crippen molar-refractivity contribution >= 4 is 0 Å². The molecule has 0 spiro atoms. The second kappa shape index (κ2) is 5.98. The molecular formula is C14H26N2O. The monoisotopic (exact) mass is 238 g/mol. The number of piperazine rings is 1. The van der Waals surface area contributed by atoms with Crippen LogP contribution in [0.25, 0.3) is 0 Å². The predicted octanol–water partition coefficient (Wildman–Crippen LogP) is 1.65. The lowest BCUT2D eigenvalue weighted by atomic mass is 9.93. The van der Waals surface area contributed by atoms with Crippen LogP contribution in [0, 0.1) is 5.92 Å². The van der Waals surface area contributed by atoms with Crippen LogP contribution in [0.1, 0.15) is 26.2 Å². The maximum atomic E-state index is 5.59. The fourth-order valence-electron chi connectivity index (χ4n) is 2.75.